The second-order valence-corrected chi connectivity index (χ2v) is 7.50. The lowest BCUT2D eigenvalue weighted by molar-refractivity contribution is 0.199. The van der Waals surface area contributed by atoms with Crippen molar-refractivity contribution in [2.45, 2.75) is 43.9 Å². The van der Waals surface area contributed by atoms with Crippen molar-refractivity contribution in [2.24, 2.45) is 0 Å². The molecular formula is C15H24N2O3S. The fourth-order valence-corrected chi connectivity index (χ4v) is 4.81. The quantitative estimate of drug-likeness (QED) is 0.784. The standard InChI is InChI=1S/C15H24N2O3S/c16-15-9-5-4-6-13(15)12-21(19,20)17(10-11-18)14-7-2-1-3-8-14/h4-6,9,14,18H,1-3,7-8,10-12,16H2. The summed E-state index contributed by atoms with van der Waals surface area (Å²) < 4.78 is 26.9. The topological polar surface area (TPSA) is 83.6 Å². The van der Waals surface area contributed by atoms with E-state index in [0.29, 0.717) is 11.3 Å². The highest BCUT2D eigenvalue weighted by molar-refractivity contribution is 7.88. The maximum Gasteiger partial charge on any atom is 0.218 e. The van der Waals surface area contributed by atoms with Crippen molar-refractivity contribution in [3.63, 3.8) is 0 Å². The van der Waals surface area contributed by atoms with Gasteiger partial charge >= 0.3 is 0 Å². The van der Waals surface area contributed by atoms with Crippen LogP contribution in [0.3, 0.4) is 0 Å². The third-order valence-corrected chi connectivity index (χ3v) is 5.92. The molecule has 1 aliphatic rings. The zero-order valence-electron chi connectivity index (χ0n) is 12.2. The van der Waals surface area contributed by atoms with E-state index in [1.54, 1.807) is 24.3 Å². The number of aliphatic hydroxyl groups is 1. The Kier molecular flexibility index (Phi) is 5.61. The molecule has 1 aromatic carbocycles. The summed E-state index contributed by atoms with van der Waals surface area (Å²) in [6, 6.07) is 7.05. The minimum Gasteiger partial charge on any atom is -0.398 e. The van der Waals surface area contributed by atoms with Gasteiger partial charge in [0.2, 0.25) is 10.0 Å². The zero-order valence-corrected chi connectivity index (χ0v) is 13.1. The summed E-state index contributed by atoms with van der Waals surface area (Å²) in [4.78, 5) is 0. The molecule has 0 atom stereocenters. The van der Waals surface area contributed by atoms with Gasteiger partial charge in [0.25, 0.3) is 0 Å². The highest BCUT2D eigenvalue weighted by atomic mass is 32.2. The summed E-state index contributed by atoms with van der Waals surface area (Å²) in [6.45, 7) is 0.0136. The molecule has 2 rings (SSSR count). The van der Waals surface area contributed by atoms with E-state index in [-0.39, 0.29) is 24.9 Å². The van der Waals surface area contributed by atoms with Gasteiger partial charge in [0.05, 0.1) is 12.4 Å². The molecule has 0 spiro atoms. The van der Waals surface area contributed by atoms with E-state index in [0.717, 1.165) is 32.1 Å². The molecule has 21 heavy (non-hydrogen) atoms. The van der Waals surface area contributed by atoms with E-state index in [9.17, 15) is 13.5 Å². The van der Waals surface area contributed by atoms with Crippen LogP contribution in [0, 0.1) is 0 Å². The van der Waals surface area contributed by atoms with Crippen LogP contribution in [0.15, 0.2) is 24.3 Å². The number of rotatable bonds is 6. The van der Waals surface area contributed by atoms with Crippen LogP contribution in [0.5, 0.6) is 0 Å². The van der Waals surface area contributed by atoms with Gasteiger partial charge in [0.15, 0.2) is 0 Å². The molecule has 0 bridgehead atoms. The summed E-state index contributed by atoms with van der Waals surface area (Å²) >= 11 is 0. The van der Waals surface area contributed by atoms with Crippen LogP contribution >= 0.6 is 0 Å². The molecule has 0 aliphatic heterocycles. The normalized spacial score (nSPS) is 17.2. The summed E-state index contributed by atoms with van der Waals surface area (Å²) in [5.74, 6) is -0.101. The van der Waals surface area contributed by atoms with Gasteiger partial charge in [0, 0.05) is 18.3 Å². The molecule has 0 unspecified atom stereocenters. The van der Waals surface area contributed by atoms with Gasteiger partial charge in [-0.05, 0) is 24.5 Å². The third kappa shape index (κ3) is 4.18. The molecular weight excluding hydrogens is 288 g/mol. The van der Waals surface area contributed by atoms with Crippen molar-refractivity contribution in [3.05, 3.63) is 29.8 Å². The summed E-state index contributed by atoms with van der Waals surface area (Å²) in [7, 11) is -3.47. The van der Waals surface area contributed by atoms with E-state index in [4.69, 9.17) is 5.73 Å². The largest absolute Gasteiger partial charge is 0.398 e. The van der Waals surface area contributed by atoms with Crippen molar-refractivity contribution < 1.29 is 13.5 Å². The van der Waals surface area contributed by atoms with Gasteiger partial charge in [-0.3, -0.25) is 0 Å². The van der Waals surface area contributed by atoms with E-state index in [2.05, 4.69) is 0 Å². The highest BCUT2D eigenvalue weighted by Crippen LogP contribution is 2.26. The van der Waals surface area contributed by atoms with Crippen LogP contribution in [0.25, 0.3) is 0 Å². The first-order valence-corrected chi connectivity index (χ1v) is 9.09. The van der Waals surface area contributed by atoms with Gasteiger partial charge in [0.1, 0.15) is 0 Å². The van der Waals surface area contributed by atoms with Gasteiger partial charge in [-0.15, -0.1) is 0 Å². The van der Waals surface area contributed by atoms with E-state index < -0.39 is 10.0 Å². The Balaban J connectivity index is 2.19. The lowest BCUT2D eigenvalue weighted by atomic mass is 9.95. The molecule has 118 valence electrons. The summed E-state index contributed by atoms with van der Waals surface area (Å²) in [6.07, 6.45) is 5.02. The molecule has 5 nitrogen and oxygen atoms in total. The summed E-state index contributed by atoms with van der Waals surface area (Å²) in [5.41, 5.74) is 6.96. The van der Waals surface area contributed by atoms with Gasteiger partial charge < -0.3 is 10.8 Å². The van der Waals surface area contributed by atoms with E-state index >= 15 is 0 Å². The molecule has 0 heterocycles. The maximum atomic E-state index is 12.7. The van der Waals surface area contributed by atoms with Crippen LogP contribution in [0.1, 0.15) is 37.7 Å². The number of benzene rings is 1. The molecule has 0 saturated heterocycles. The van der Waals surface area contributed by atoms with Crippen LogP contribution in [0.2, 0.25) is 0 Å². The number of hydrogen-bond acceptors (Lipinski definition) is 4. The monoisotopic (exact) mass is 312 g/mol. The maximum absolute atomic E-state index is 12.7. The Hall–Kier alpha value is -1.11. The van der Waals surface area contributed by atoms with Crippen molar-refractivity contribution in [1.29, 1.82) is 0 Å². The molecule has 1 saturated carbocycles. The molecule has 1 aromatic rings. The van der Waals surface area contributed by atoms with Crippen molar-refractivity contribution in [2.75, 3.05) is 18.9 Å². The lowest BCUT2D eigenvalue weighted by Crippen LogP contribution is -2.43. The number of anilines is 1. The molecule has 1 aliphatic carbocycles. The predicted octanol–water partition coefficient (Wildman–Crippen LogP) is 1.73. The first-order valence-electron chi connectivity index (χ1n) is 7.48. The Bertz CT molecular complexity index is 554. The Morgan fingerprint density at radius 3 is 2.48 bits per heavy atom. The average molecular weight is 312 g/mol. The zero-order chi connectivity index (χ0) is 15.3. The Labute approximate surface area is 126 Å². The first-order chi connectivity index (χ1) is 10.0. The molecule has 0 aromatic heterocycles. The number of aliphatic hydroxyl groups excluding tert-OH is 1. The lowest BCUT2D eigenvalue weighted by Gasteiger charge is -2.33. The third-order valence-electron chi connectivity index (χ3n) is 4.05. The number of hydrogen-bond donors (Lipinski definition) is 2. The molecule has 0 amide bonds. The van der Waals surface area contributed by atoms with Gasteiger partial charge in [-0.1, -0.05) is 37.5 Å². The van der Waals surface area contributed by atoms with E-state index in [1.165, 1.54) is 4.31 Å². The minimum absolute atomic E-state index is 0.0147. The second kappa shape index (κ2) is 7.24. The SMILES string of the molecule is Nc1ccccc1CS(=O)(=O)N(CCO)C1CCCCC1. The molecule has 3 N–H and O–H groups in total. The fraction of sp³-hybridized carbons (Fsp3) is 0.600. The van der Waals surface area contributed by atoms with E-state index in [1.807, 2.05) is 0 Å². The van der Waals surface area contributed by atoms with Gasteiger partial charge in [-0.2, -0.15) is 4.31 Å². The number of para-hydroxylation sites is 1. The van der Waals surface area contributed by atoms with Crippen LogP contribution in [-0.2, 0) is 15.8 Å². The first kappa shape index (κ1) is 16.3. The highest BCUT2D eigenvalue weighted by Gasteiger charge is 2.30. The number of sulfonamides is 1. The Morgan fingerprint density at radius 2 is 1.86 bits per heavy atom. The Morgan fingerprint density at radius 1 is 1.19 bits per heavy atom. The molecule has 0 radical (unpaired) electrons. The minimum atomic E-state index is -3.47. The molecule has 1 fully saturated rings. The number of nitrogens with two attached hydrogens (primary N) is 1. The van der Waals surface area contributed by atoms with Crippen LogP contribution in [-0.4, -0.2) is 37.0 Å². The fourth-order valence-electron chi connectivity index (χ4n) is 2.96. The second-order valence-electron chi connectivity index (χ2n) is 5.58. The van der Waals surface area contributed by atoms with Crippen molar-refractivity contribution in [1.82, 2.24) is 4.31 Å². The number of nitrogen functional groups attached to an aromatic ring is 1. The smallest absolute Gasteiger partial charge is 0.218 e. The molecule has 6 heteroatoms. The van der Waals surface area contributed by atoms with Crippen LogP contribution in [0.4, 0.5) is 5.69 Å². The average Bonchev–Trinajstić information content (AvgIpc) is 2.48. The van der Waals surface area contributed by atoms with Crippen LogP contribution < -0.4 is 5.73 Å². The van der Waals surface area contributed by atoms with Crippen molar-refractivity contribution >= 4 is 15.7 Å². The number of nitrogens with zero attached hydrogens (tertiary/aromatic N) is 1. The van der Waals surface area contributed by atoms with Gasteiger partial charge in [-0.25, -0.2) is 8.42 Å². The predicted molar refractivity (Wildman–Crippen MR) is 84.1 cm³/mol. The van der Waals surface area contributed by atoms with Crippen molar-refractivity contribution in [3.8, 4) is 0 Å². The summed E-state index contributed by atoms with van der Waals surface area (Å²) in [5, 5.41) is 9.22.